The average molecular weight is 223 g/mol. The van der Waals surface area contributed by atoms with Crippen LogP contribution in [0.4, 0.5) is 0 Å². The van der Waals surface area contributed by atoms with Gasteiger partial charge in [-0.05, 0) is 31.6 Å². The summed E-state index contributed by atoms with van der Waals surface area (Å²) in [7, 11) is 0. The van der Waals surface area contributed by atoms with Gasteiger partial charge in [-0.15, -0.1) is 0 Å². The molecule has 2 rings (SSSR count). The SMILES string of the molecule is CC(C#N)CC1(C)CCC2(CC1)OCCO2. The summed E-state index contributed by atoms with van der Waals surface area (Å²) in [6, 6.07) is 2.34. The predicted molar refractivity (Wildman–Crippen MR) is 60.6 cm³/mol. The first kappa shape index (κ1) is 11.9. The second-order valence-electron chi connectivity index (χ2n) is 5.65. The van der Waals surface area contributed by atoms with Crippen LogP contribution < -0.4 is 0 Å². The van der Waals surface area contributed by atoms with Gasteiger partial charge in [0.25, 0.3) is 0 Å². The molecule has 0 aromatic carbocycles. The number of ether oxygens (including phenoxy) is 2. The number of hydrogen-bond donors (Lipinski definition) is 0. The molecular weight excluding hydrogens is 202 g/mol. The number of nitriles is 1. The average Bonchev–Trinajstić information content (AvgIpc) is 2.72. The lowest BCUT2D eigenvalue weighted by Gasteiger charge is -2.42. The van der Waals surface area contributed by atoms with E-state index in [1.165, 1.54) is 0 Å². The maximum Gasteiger partial charge on any atom is 0.168 e. The summed E-state index contributed by atoms with van der Waals surface area (Å²) < 4.78 is 11.4. The molecule has 0 bridgehead atoms. The van der Waals surface area contributed by atoms with Crippen LogP contribution in [0.3, 0.4) is 0 Å². The molecular formula is C13H21NO2. The molecule has 3 nitrogen and oxygen atoms in total. The van der Waals surface area contributed by atoms with Crippen molar-refractivity contribution in [3.63, 3.8) is 0 Å². The molecule has 0 radical (unpaired) electrons. The molecule has 1 unspecified atom stereocenters. The van der Waals surface area contributed by atoms with Gasteiger partial charge in [0.15, 0.2) is 5.79 Å². The molecule has 1 saturated carbocycles. The van der Waals surface area contributed by atoms with Crippen molar-refractivity contribution < 1.29 is 9.47 Å². The maximum atomic E-state index is 8.89. The summed E-state index contributed by atoms with van der Waals surface area (Å²) in [5.41, 5.74) is 0.301. The Balaban J connectivity index is 1.90. The van der Waals surface area contributed by atoms with Crippen molar-refractivity contribution >= 4 is 0 Å². The standard InChI is InChI=1S/C13H21NO2/c1-11(10-14)9-12(2)3-5-13(6-4-12)15-7-8-16-13/h11H,3-9H2,1-2H3. The van der Waals surface area contributed by atoms with E-state index < -0.39 is 0 Å². The Morgan fingerprint density at radius 2 is 1.75 bits per heavy atom. The van der Waals surface area contributed by atoms with Crippen LogP contribution in [0.25, 0.3) is 0 Å². The van der Waals surface area contributed by atoms with E-state index in [9.17, 15) is 0 Å². The number of hydrogen-bond acceptors (Lipinski definition) is 3. The van der Waals surface area contributed by atoms with Crippen LogP contribution in [0.1, 0.15) is 46.0 Å². The number of nitrogens with zero attached hydrogens (tertiary/aromatic N) is 1. The minimum atomic E-state index is -0.268. The van der Waals surface area contributed by atoms with Gasteiger partial charge in [-0.1, -0.05) is 6.92 Å². The Hall–Kier alpha value is -0.590. The second-order valence-corrected chi connectivity index (χ2v) is 5.65. The van der Waals surface area contributed by atoms with Crippen LogP contribution >= 0.6 is 0 Å². The number of rotatable bonds is 2. The monoisotopic (exact) mass is 223 g/mol. The van der Waals surface area contributed by atoms with Crippen LogP contribution in [0, 0.1) is 22.7 Å². The molecule has 1 aliphatic carbocycles. The van der Waals surface area contributed by atoms with Crippen LogP contribution in [0.15, 0.2) is 0 Å². The summed E-state index contributed by atoms with van der Waals surface area (Å²) in [6.45, 7) is 5.79. The molecule has 0 aromatic heterocycles. The fourth-order valence-electron chi connectivity index (χ4n) is 3.01. The maximum absolute atomic E-state index is 8.89. The highest BCUT2D eigenvalue weighted by atomic mass is 16.7. The van der Waals surface area contributed by atoms with Gasteiger partial charge in [0.1, 0.15) is 0 Å². The third kappa shape index (κ3) is 2.39. The van der Waals surface area contributed by atoms with E-state index >= 15 is 0 Å². The molecule has 0 N–H and O–H groups in total. The summed E-state index contributed by atoms with van der Waals surface area (Å²) in [4.78, 5) is 0. The summed E-state index contributed by atoms with van der Waals surface area (Å²) in [6.07, 6.45) is 5.20. The topological polar surface area (TPSA) is 42.2 Å². The third-order valence-electron chi connectivity index (χ3n) is 4.05. The molecule has 1 aliphatic heterocycles. The zero-order valence-electron chi connectivity index (χ0n) is 10.3. The van der Waals surface area contributed by atoms with Gasteiger partial charge in [-0.3, -0.25) is 0 Å². The van der Waals surface area contributed by atoms with Crippen molar-refractivity contribution in [3.05, 3.63) is 0 Å². The molecule has 1 heterocycles. The molecule has 0 amide bonds. The van der Waals surface area contributed by atoms with Gasteiger partial charge in [0.05, 0.1) is 19.3 Å². The first-order chi connectivity index (χ1) is 7.58. The van der Waals surface area contributed by atoms with Gasteiger partial charge in [-0.2, -0.15) is 5.26 Å². The molecule has 2 fully saturated rings. The molecule has 1 atom stereocenters. The Morgan fingerprint density at radius 1 is 1.19 bits per heavy atom. The van der Waals surface area contributed by atoms with E-state index in [0.717, 1.165) is 45.3 Å². The fourth-order valence-corrected chi connectivity index (χ4v) is 3.01. The highest BCUT2D eigenvalue weighted by Crippen LogP contribution is 2.47. The fraction of sp³-hybridized carbons (Fsp3) is 0.923. The molecule has 90 valence electrons. The van der Waals surface area contributed by atoms with Gasteiger partial charge in [0.2, 0.25) is 0 Å². The first-order valence-electron chi connectivity index (χ1n) is 6.25. The van der Waals surface area contributed by atoms with E-state index in [1.54, 1.807) is 0 Å². The van der Waals surface area contributed by atoms with E-state index in [1.807, 2.05) is 6.92 Å². The summed E-state index contributed by atoms with van der Waals surface area (Å²) >= 11 is 0. The van der Waals surface area contributed by atoms with Crippen molar-refractivity contribution in [3.8, 4) is 6.07 Å². The highest BCUT2D eigenvalue weighted by molar-refractivity contribution is 4.92. The van der Waals surface area contributed by atoms with Crippen molar-refractivity contribution in [2.45, 2.75) is 51.7 Å². The molecule has 1 saturated heterocycles. The van der Waals surface area contributed by atoms with E-state index in [-0.39, 0.29) is 11.7 Å². The normalized spacial score (nSPS) is 28.8. The minimum Gasteiger partial charge on any atom is -0.348 e. The van der Waals surface area contributed by atoms with Gasteiger partial charge >= 0.3 is 0 Å². The van der Waals surface area contributed by atoms with Crippen LogP contribution in [-0.2, 0) is 9.47 Å². The van der Waals surface area contributed by atoms with Crippen LogP contribution in [0.2, 0.25) is 0 Å². The molecule has 2 aliphatic rings. The second kappa shape index (κ2) is 4.35. The lowest BCUT2D eigenvalue weighted by atomic mass is 9.69. The minimum absolute atomic E-state index is 0.157. The van der Waals surface area contributed by atoms with Gasteiger partial charge in [-0.25, -0.2) is 0 Å². The molecule has 3 heteroatoms. The van der Waals surface area contributed by atoms with Crippen LogP contribution in [-0.4, -0.2) is 19.0 Å². The zero-order valence-corrected chi connectivity index (χ0v) is 10.3. The Labute approximate surface area is 97.7 Å². The molecule has 16 heavy (non-hydrogen) atoms. The van der Waals surface area contributed by atoms with Crippen molar-refractivity contribution in [2.75, 3.05) is 13.2 Å². The van der Waals surface area contributed by atoms with Crippen molar-refractivity contribution in [2.24, 2.45) is 11.3 Å². The quantitative estimate of drug-likeness (QED) is 0.723. The largest absolute Gasteiger partial charge is 0.348 e. The third-order valence-corrected chi connectivity index (χ3v) is 4.05. The van der Waals surface area contributed by atoms with E-state index in [0.29, 0.717) is 5.41 Å². The predicted octanol–water partition coefficient (Wildman–Crippen LogP) is 2.86. The van der Waals surface area contributed by atoms with E-state index in [2.05, 4.69) is 13.0 Å². The summed E-state index contributed by atoms with van der Waals surface area (Å²) in [5, 5.41) is 8.89. The Bertz CT molecular complexity index is 279. The summed E-state index contributed by atoms with van der Waals surface area (Å²) in [5.74, 6) is -0.112. The first-order valence-corrected chi connectivity index (χ1v) is 6.25. The molecule has 0 aromatic rings. The van der Waals surface area contributed by atoms with Gasteiger partial charge < -0.3 is 9.47 Å². The lowest BCUT2D eigenvalue weighted by molar-refractivity contribution is -0.191. The molecule has 1 spiro atoms. The smallest absolute Gasteiger partial charge is 0.168 e. The Kier molecular flexibility index (Phi) is 3.23. The van der Waals surface area contributed by atoms with Crippen LogP contribution in [0.5, 0.6) is 0 Å². The zero-order chi connectivity index (χ0) is 11.6. The van der Waals surface area contributed by atoms with E-state index in [4.69, 9.17) is 14.7 Å². The Morgan fingerprint density at radius 3 is 2.25 bits per heavy atom. The van der Waals surface area contributed by atoms with Crippen molar-refractivity contribution in [1.82, 2.24) is 0 Å². The van der Waals surface area contributed by atoms with Crippen molar-refractivity contribution in [1.29, 1.82) is 5.26 Å². The van der Waals surface area contributed by atoms with Gasteiger partial charge in [0, 0.05) is 18.8 Å². The highest BCUT2D eigenvalue weighted by Gasteiger charge is 2.44. The lowest BCUT2D eigenvalue weighted by Crippen LogP contribution is -2.39.